The smallest absolute Gasteiger partial charge is 0.257 e. The SMILES string of the molecule is O=C1N[C@@H]2CCC[C@@H](Cl)[C@@H]2C1(Cl)Cl. The monoisotopic (exact) mass is 241 g/mol. The standard InChI is InChI=1S/C8H10Cl3NO/c9-4-2-1-3-5-6(4)8(10,11)7(13)12-5/h4-6H,1-3H2,(H,12,13)/t4-,5-,6+/m1/s1. The first-order valence-corrected chi connectivity index (χ1v) is 5.55. The van der Waals surface area contributed by atoms with Gasteiger partial charge in [0.2, 0.25) is 4.33 Å². The highest BCUT2D eigenvalue weighted by Gasteiger charge is 2.56. The summed E-state index contributed by atoms with van der Waals surface area (Å²) in [6, 6.07) is 0.0683. The van der Waals surface area contributed by atoms with Crippen LogP contribution in [0.4, 0.5) is 0 Å². The van der Waals surface area contributed by atoms with Gasteiger partial charge in [-0.3, -0.25) is 4.79 Å². The zero-order valence-corrected chi connectivity index (χ0v) is 9.16. The molecule has 0 unspecified atom stereocenters. The summed E-state index contributed by atoms with van der Waals surface area (Å²) in [5.41, 5.74) is 0. The van der Waals surface area contributed by atoms with Crippen LogP contribution >= 0.6 is 34.8 Å². The molecule has 0 spiro atoms. The molecule has 5 heteroatoms. The van der Waals surface area contributed by atoms with Crippen molar-refractivity contribution in [3.8, 4) is 0 Å². The van der Waals surface area contributed by atoms with Crippen LogP contribution in [0.5, 0.6) is 0 Å². The van der Waals surface area contributed by atoms with Gasteiger partial charge in [0, 0.05) is 17.3 Å². The van der Waals surface area contributed by atoms with E-state index in [4.69, 9.17) is 34.8 Å². The molecule has 2 aliphatic rings. The Balaban J connectivity index is 2.28. The zero-order valence-electron chi connectivity index (χ0n) is 6.90. The second-order valence-electron chi connectivity index (χ2n) is 3.68. The summed E-state index contributed by atoms with van der Waals surface area (Å²) in [7, 11) is 0. The molecule has 0 bridgehead atoms. The summed E-state index contributed by atoms with van der Waals surface area (Å²) in [6.07, 6.45) is 2.85. The van der Waals surface area contributed by atoms with Gasteiger partial charge in [-0.05, 0) is 19.3 Å². The molecule has 74 valence electrons. The lowest BCUT2D eigenvalue weighted by Crippen LogP contribution is -2.40. The molecule has 2 fully saturated rings. The van der Waals surface area contributed by atoms with Gasteiger partial charge in [0.05, 0.1) is 0 Å². The molecule has 1 heterocycles. The molecule has 0 aromatic heterocycles. The van der Waals surface area contributed by atoms with Gasteiger partial charge in [0.25, 0.3) is 5.91 Å². The Morgan fingerprint density at radius 2 is 2.08 bits per heavy atom. The summed E-state index contributed by atoms with van der Waals surface area (Å²) in [5, 5.41) is 2.70. The fourth-order valence-corrected chi connectivity index (χ4v) is 3.57. The fourth-order valence-electron chi connectivity index (χ4n) is 2.20. The van der Waals surface area contributed by atoms with Crippen LogP contribution < -0.4 is 5.32 Å². The van der Waals surface area contributed by atoms with Gasteiger partial charge in [-0.15, -0.1) is 11.6 Å². The van der Waals surface area contributed by atoms with Crippen LogP contribution in [0.2, 0.25) is 0 Å². The Morgan fingerprint density at radius 1 is 1.38 bits per heavy atom. The minimum atomic E-state index is -1.32. The van der Waals surface area contributed by atoms with E-state index in [2.05, 4.69) is 5.32 Å². The lowest BCUT2D eigenvalue weighted by atomic mass is 9.84. The average Bonchev–Trinajstić information content (AvgIpc) is 2.24. The molecule has 2 rings (SSSR count). The number of alkyl halides is 3. The van der Waals surface area contributed by atoms with Gasteiger partial charge in [-0.25, -0.2) is 0 Å². The van der Waals surface area contributed by atoms with Crippen LogP contribution in [0.25, 0.3) is 0 Å². The summed E-state index contributed by atoms with van der Waals surface area (Å²) >= 11 is 18.0. The topological polar surface area (TPSA) is 29.1 Å². The number of nitrogens with one attached hydrogen (secondary N) is 1. The van der Waals surface area contributed by atoms with Crippen molar-refractivity contribution < 1.29 is 4.79 Å². The van der Waals surface area contributed by atoms with Gasteiger partial charge in [0.1, 0.15) is 0 Å². The van der Waals surface area contributed by atoms with Crippen molar-refractivity contribution in [1.29, 1.82) is 0 Å². The second-order valence-corrected chi connectivity index (χ2v) is 5.62. The van der Waals surface area contributed by atoms with Crippen molar-refractivity contribution in [2.24, 2.45) is 5.92 Å². The molecule has 3 atom stereocenters. The lowest BCUT2D eigenvalue weighted by Gasteiger charge is -2.32. The van der Waals surface area contributed by atoms with Crippen molar-refractivity contribution in [3.05, 3.63) is 0 Å². The van der Waals surface area contributed by atoms with Gasteiger partial charge in [0.15, 0.2) is 0 Å². The number of hydrogen-bond acceptors (Lipinski definition) is 1. The number of carbonyl (C=O) groups is 1. The predicted molar refractivity (Wildman–Crippen MR) is 53.3 cm³/mol. The van der Waals surface area contributed by atoms with Crippen molar-refractivity contribution in [3.63, 3.8) is 0 Å². The number of halogens is 3. The van der Waals surface area contributed by atoms with E-state index in [1.807, 2.05) is 0 Å². The van der Waals surface area contributed by atoms with Crippen molar-refractivity contribution >= 4 is 40.7 Å². The Morgan fingerprint density at radius 3 is 2.69 bits per heavy atom. The quantitative estimate of drug-likeness (QED) is 0.648. The number of amides is 1. The molecule has 0 radical (unpaired) electrons. The predicted octanol–water partition coefficient (Wildman–Crippen LogP) is 2.07. The van der Waals surface area contributed by atoms with Crippen LogP contribution in [0.3, 0.4) is 0 Å². The number of hydrogen-bond donors (Lipinski definition) is 1. The Bertz CT molecular complexity index is 244. The minimum absolute atomic E-state index is 0.0683. The third-order valence-corrected chi connectivity index (χ3v) is 4.19. The van der Waals surface area contributed by atoms with Crippen molar-refractivity contribution in [2.45, 2.75) is 35.0 Å². The molecular weight excluding hydrogens is 232 g/mol. The van der Waals surface area contributed by atoms with E-state index >= 15 is 0 Å². The average molecular weight is 243 g/mol. The van der Waals surface area contributed by atoms with Gasteiger partial charge >= 0.3 is 0 Å². The first-order valence-electron chi connectivity index (χ1n) is 4.36. The van der Waals surface area contributed by atoms with E-state index in [1.165, 1.54) is 0 Å². The van der Waals surface area contributed by atoms with Crippen LogP contribution in [0, 0.1) is 5.92 Å². The van der Waals surface area contributed by atoms with Gasteiger partial charge < -0.3 is 5.32 Å². The molecule has 1 amide bonds. The number of rotatable bonds is 0. The molecule has 2 nitrogen and oxygen atoms in total. The van der Waals surface area contributed by atoms with Crippen molar-refractivity contribution in [1.82, 2.24) is 5.32 Å². The molecule has 13 heavy (non-hydrogen) atoms. The molecule has 1 aliphatic heterocycles. The van der Waals surface area contributed by atoms with E-state index in [-0.39, 0.29) is 23.2 Å². The van der Waals surface area contributed by atoms with Crippen LogP contribution in [0.1, 0.15) is 19.3 Å². The summed E-state index contributed by atoms with van der Waals surface area (Å²) < 4.78 is -1.32. The highest BCUT2D eigenvalue weighted by molar-refractivity contribution is 6.59. The highest BCUT2D eigenvalue weighted by Crippen LogP contribution is 2.46. The van der Waals surface area contributed by atoms with Crippen LogP contribution in [-0.4, -0.2) is 21.7 Å². The lowest BCUT2D eigenvalue weighted by molar-refractivity contribution is -0.120. The van der Waals surface area contributed by atoms with E-state index in [9.17, 15) is 4.79 Å². The maximum atomic E-state index is 11.4. The minimum Gasteiger partial charge on any atom is -0.350 e. The molecule has 1 saturated heterocycles. The fraction of sp³-hybridized carbons (Fsp3) is 0.875. The third-order valence-electron chi connectivity index (χ3n) is 2.86. The highest BCUT2D eigenvalue weighted by atomic mass is 35.5. The maximum absolute atomic E-state index is 11.4. The van der Waals surface area contributed by atoms with E-state index < -0.39 is 4.33 Å². The Hall–Kier alpha value is 0.340. The number of carbonyl (C=O) groups excluding carboxylic acids is 1. The maximum Gasteiger partial charge on any atom is 0.257 e. The molecule has 0 aromatic carbocycles. The molecule has 1 aliphatic carbocycles. The van der Waals surface area contributed by atoms with E-state index in [0.29, 0.717) is 0 Å². The first-order chi connectivity index (χ1) is 6.03. The summed E-state index contributed by atoms with van der Waals surface area (Å²) in [5.74, 6) is -0.433. The third kappa shape index (κ3) is 1.43. The first kappa shape index (κ1) is 9.88. The summed E-state index contributed by atoms with van der Waals surface area (Å²) in [6.45, 7) is 0. The van der Waals surface area contributed by atoms with Gasteiger partial charge in [-0.2, -0.15) is 0 Å². The normalized spacial score (nSPS) is 42.7. The van der Waals surface area contributed by atoms with Crippen LogP contribution in [0.15, 0.2) is 0 Å². The van der Waals surface area contributed by atoms with Crippen LogP contribution in [-0.2, 0) is 4.79 Å². The molecule has 1 saturated carbocycles. The Labute approximate surface area is 91.9 Å². The summed E-state index contributed by atoms with van der Waals surface area (Å²) in [4.78, 5) is 11.4. The number of fused-ring (bicyclic) bond motifs is 1. The second kappa shape index (κ2) is 3.18. The van der Waals surface area contributed by atoms with Crippen molar-refractivity contribution in [2.75, 3.05) is 0 Å². The zero-order chi connectivity index (χ0) is 9.64. The van der Waals surface area contributed by atoms with E-state index in [1.54, 1.807) is 0 Å². The Kier molecular flexibility index (Phi) is 2.42. The van der Waals surface area contributed by atoms with E-state index in [0.717, 1.165) is 19.3 Å². The molecular formula is C8H10Cl3NO. The molecule has 0 aromatic rings. The largest absolute Gasteiger partial charge is 0.350 e. The van der Waals surface area contributed by atoms with Gasteiger partial charge in [-0.1, -0.05) is 23.2 Å². The molecule has 1 N–H and O–H groups in total.